The van der Waals surface area contributed by atoms with Gasteiger partial charge in [0.1, 0.15) is 0 Å². The topological polar surface area (TPSA) is 64.7 Å². The standard InChI is InChI=1S/C7H17NO3/c1-6(8)7(5-9)11-4-3-10-2/h6-7,9H,3-5,8H2,1-2H3. The van der Waals surface area contributed by atoms with E-state index in [9.17, 15) is 0 Å². The summed E-state index contributed by atoms with van der Waals surface area (Å²) in [5.74, 6) is 0. The second-order valence-electron chi connectivity index (χ2n) is 2.44. The van der Waals surface area contributed by atoms with Crippen molar-refractivity contribution in [3.63, 3.8) is 0 Å². The number of nitrogens with two attached hydrogens (primary N) is 1. The molecule has 0 aromatic heterocycles. The molecule has 0 aliphatic heterocycles. The molecule has 0 saturated carbocycles. The molecule has 2 atom stereocenters. The second kappa shape index (κ2) is 6.54. The molecule has 68 valence electrons. The van der Waals surface area contributed by atoms with Crippen LogP contribution in [0, 0.1) is 0 Å². The van der Waals surface area contributed by atoms with Crippen molar-refractivity contribution in [2.45, 2.75) is 19.1 Å². The van der Waals surface area contributed by atoms with Crippen molar-refractivity contribution in [1.29, 1.82) is 0 Å². The number of aliphatic hydroxyl groups is 1. The first kappa shape index (κ1) is 10.8. The molecule has 0 radical (unpaired) electrons. The fourth-order valence-electron chi connectivity index (χ4n) is 0.654. The molecular weight excluding hydrogens is 146 g/mol. The molecule has 0 aliphatic carbocycles. The Bertz CT molecular complexity index is 87.8. The maximum absolute atomic E-state index is 8.75. The van der Waals surface area contributed by atoms with Gasteiger partial charge in [-0.25, -0.2) is 0 Å². The van der Waals surface area contributed by atoms with Crippen molar-refractivity contribution >= 4 is 0 Å². The van der Waals surface area contributed by atoms with Crippen molar-refractivity contribution in [3.05, 3.63) is 0 Å². The third-order valence-electron chi connectivity index (χ3n) is 1.39. The van der Waals surface area contributed by atoms with Gasteiger partial charge >= 0.3 is 0 Å². The van der Waals surface area contributed by atoms with Crippen LogP contribution in [-0.2, 0) is 9.47 Å². The van der Waals surface area contributed by atoms with E-state index < -0.39 is 0 Å². The van der Waals surface area contributed by atoms with Gasteiger partial charge in [-0.15, -0.1) is 0 Å². The lowest BCUT2D eigenvalue weighted by molar-refractivity contribution is -0.0202. The lowest BCUT2D eigenvalue weighted by atomic mass is 10.2. The molecule has 0 bridgehead atoms. The Balaban J connectivity index is 3.36. The summed E-state index contributed by atoms with van der Waals surface area (Å²) in [6, 6.07) is -0.142. The minimum atomic E-state index is -0.273. The summed E-state index contributed by atoms with van der Waals surface area (Å²) < 4.78 is 9.96. The summed E-state index contributed by atoms with van der Waals surface area (Å²) in [5.41, 5.74) is 5.50. The highest BCUT2D eigenvalue weighted by Gasteiger charge is 2.11. The molecule has 0 spiro atoms. The average molecular weight is 163 g/mol. The molecule has 2 unspecified atom stereocenters. The molecular formula is C7H17NO3. The largest absolute Gasteiger partial charge is 0.394 e. The number of aliphatic hydroxyl groups excluding tert-OH is 1. The Hall–Kier alpha value is -0.160. The SMILES string of the molecule is COCCOC(CO)C(C)N. The van der Waals surface area contributed by atoms with E-state index >= 15 is 0 Å². The molecule has 0 fully saturated rings. The molecule has 3 N–H and O–H groups in total. The maximum Gasteiger partial charge on any atom is 0.0954 e. The van der Waals surface area contributed by atoms with Gasteiger partial charge in [0.2, 0.25) is 0 Å². The van der Waals surface area contributed by atoms with Crippen LogP contribution >= 0.6 is 0 Å². The third-order valence-corrected chi connectivity index (χ3v) is 1.39. The van der Waals surface area contributed by atoms with E-state index in [2.05, 4.69) is 0 Å². The minimum absolute atomic E-state index is 0.0403. The number of ether oxygens (including phenoxy) is 2. The number of hydrogen-bond acceptors (Lipinski definition) is 4. The molecule has 0 saturated heterocycles. The van der Waals surface area contributed by atoms with Crippen LogP contribution in [0.4, 0.5) is 0 Å². The molecule has 0 aromatic carbocycles. The average Bonchev–Trinajstić information content (AvgIpc) is 1.97. The van der Waals surface area contributed by atoms with Crippen LogP contribution in [0.2, 0.25) is 0 Å². The van der Waals surface area contributed by atoms with Crippen molar-refractivity contribution in [2.75, 3.05) is 26.9 Å². The first-order valence-corrected chi connectivity index (χ1v) is 3.69. The predicted octanol–water partition coefficient (Wildman–Crippen LogP) is -0.642. The van der Waals surface area contributed by atoms with E-state index in [-0.39, 0.29) is 18.8 Å². The molecule has 0 heterocycles. The zero-order valence-electron chi connectivity index (χ0n) is 7.12. The van der Waals surface area contributed by atoms with Gasteiger partial charge in [-0.1, -0.05) is 0 Å². The highest BCUT2D eigenvalue weighted by Crippen LogP contribution is 1.94. The van der Waals surface area contributed by atoms with Crippen LogP contribution in [0.5, 0.6) is 0 Å². The van der Waals surface area contributed by atoms with Gasteiger partial charge in [-0.05, 0) is 6.92 Å². The summed E-state index contributed by atoms with van der Waals surface area (Å²) in [4.78, 5) is 0. The van der Waals surface area contributed by atoms with Gasteiger partial charge in [0.25, 0.3) is 0 Å². The third kappa shape index (κ3) is 5.15. The number of hydrogen-bond donors (Lipinski definition) is 2. The Morgan fingerprint density at radius 1 is 1.45 bits per heavy atom. The van der Waals surface area contributed by atoms with Crippen LogP contribution in [0.15, 0.2) is 0 Å². The molecule has 0 aromatic rings. The van der Waals surface area contributed by atoms with Crippen LogP contribution in [-0.4, -0.2) is 44.2 Å². The smallest absolute Gasteiger partial charge is 0.0954 e. The Morgan fingerprint density at radius 3 is 2.45 bits per heavy atom. The van der Waals surface area contributed by atoms with Crippen LogP contribution in [0.3, 0.4) is 0 Å². The fraction of sp³-hybridized carbons (Fsp3) is 1.00. The van der Waals surface area contributed by atoms with Crippen LogP contribution in [0.1, 0.15) is 6.92 Å². The summed E-state index contributed by atoms with van der Waals surface area (Å²) in [6.07, 6.45) is -0.273. The summed E-state index contributed by atoms with van der Waals surface area (Å²) in [7, 11) is 1.60. The summed E-state index contributed by atoms with van der Waals surface area (Å²) in [6.45, 7) is 2.77. The molecule has 4 nitrogen and oxygen atoms in total. The fourth-order valence-corrected chi connectivity index (χ4v) is 0.654. The van der Waals surface area contributed by atoms with E-state index in [1.165, 1.54) is 0 Å². The lowest BCUT2D eigenvalue weighted by Crippen LogP contribution is -2.37. The first-order valence-electron chi connectivity index (χ1n) is 3.69. The summed E-state index contributed by atoms with van der Waals surface area (Å²) >= 11 is 0. The maximum atomic E-state index is 8.75. The van der Waals surface area contributed by atoms with Gasteiger partial charge in [-0.2, -0.15) is 0 Å². The van der Waals surface area contributed by atoms with Crippen molar-refractivity contribution in [1.82, 2.24) is 0 Å². The van der Waals surface area contributed by atoms with Gasteiger partial charge in [0, 0.05) is 13.2 Å². The van der Waals surface area contributed by atoms with Gasteiger partial charge in [-0.3, -0.25) is 0 Å². The number of methoxy groups -OCH3 is 1. The van der Waals surface area contributed by atoms with E-state index in [4.69, 9.17) is 20.3 Å². The first-order chi connectivity index (χ1) is 5.22. The molecule has 0 aliphatic rings. The highest BCUT2D eigenvalue weighted by molar-refractivity contribution is 4.66. The van der Waals surface area contributed by atoms with Gasteiger partial charge in [0.15, 0.2) is 0 Å². The van der Waals surface area contributed by atoms with E-state index in [1.807, 2.05) is 0 Å². The van der Waals surface area contributed by atoms with E-state index in [0.29, 0.717) is 13.2 Å². The Morgan fingerprint density at radius 2 is 2.09 bits per heavy atom. The van der Waals surface area contributed by atoms with Gasteiger partial charge < -0.3 is 20.3 Å². The Kier molecular flexibility index (Phi) is 6.45. The van der Waals surface area contributed by atoms with Crippen molar-refractivity contribution in [2.24, 2.45) is 5.73 Å². The van der Waals surface area contributed by atoms with E-state index in [1.54, 1.807) is 14.0 Å². The van der Waals surface area contributed by atoms with Gasteiger partial charge in [0.05, 0.1) is 25.9 Å². The van der Waals surface area contributed by atoms with E-state index in [0.717, 1.165) is 0 Å². The lowest BCUT2D eigenvalue weighted by Gasteiger charge is -2.18. The summed E-state index contributed by atoms with van der Waals surface area (Å²) in [5, 5.41) is 8.75. The zero-order valence-corrected chi connectivity index (χ0v) is 7.12. The van der Waals surface area contributed by atoms with Crippen LogP contribution in [0.25, 0.3) is 0 Å². The monoisotopic (exact) mass is 163 g/mol. The molecule has 0 amide bonds. The Labute approximate surface area is 67.3 Å². The normalized spacial score (nSPS) is 16.4. The quantitative estimate of drug-likeness (QED) is 0.511. The highest BCUT2D eigenvalue weighted by atomic mass is 16.5. The van der Waals surface area contributed by atoms with Crippen molar-refractivity contribution < 1.29 is 14.6 Å². The number of rotatable bonds is 6. The minimum Gasteiger partial charge on any atom is -0.394 e. The zero-order chi connectivity index (χ0) is 8.69. The van der Waals surface area contributed by atoms with Crippen LogP contribution < -0.4 is 5.73 Å². The molecule has 0 rings (SSSR count). The molecule has 4 heteroatoms. The van der Waals surface area contributed by atoms with Crippen molar-refractivity contribution in [3.8, 4) is 0 Å². The predicted molar refractivity (Wildman–Crippen MR) is 42.4 cm³/mol. The second-order valence-corrected chi connectivity index (χ2v) is 2.44. The molecule has 11 heavy (non-hydrogen) atoms.